The second-order valence-electron chi connectivity index (χ2n) is 3.56. The number of rotatable bonds is 3. The van der Waals surface area contributed by atoms with E-state index in [1.807, 2.05) is 0 Å². The van der Waals surface area contributed by atoms with Crippen molar-refractivity contribution in [1.29, 1.82) is 0 Å². The highest BCUT2D eigenvalue weighted by atomic mass is 35.5. The molecule has 0 spiro atoms. The first-order valence-corrected chi connectivity index (χ1v) is 6.75. The first kappa shape index (κ1) is 12.7. The summed E-state index contributed by atoms with van der Waals surface area (Å²) in [4.78, 5) is 0. The average Bonchev–Trinajstić information content (AvgIpc) is 2.70. The Bertz CT molecular complexity index is 681. The number of nitrogens with one attached hydrogen (secondary N) is 1. The van der Waals surface area contributed by atoms with Gasteiger partial charge in [-0.3, -0.25) is 9.40 Å². The fourth-order valence-electron chi connectivity index (χ4n) is 1.40. The van der Waals surface area contributed by atoms with Crippen molar-refractivity contribution in [2.45, 2.75) is 5.03 Å². The molecule has 0 aliphatic carbocycles. The third-order valence-electron chi connectivity index (χ3n) is 2.25. The van der Waals surface area contributed by atoms with Gasteiger partial charge in [0.2, 0.25) is 0 Å². The molecule has 0 bridgehead atoms. The van der Waals surface area contributed by atoms with Crippen molar-refractivity contribution in [3.63, 3.8) is 0 Å². The first-order chi connectivity index (χ1) is 8.40. The number of sulfonamides is 1. The van der Waals surface area contributed by atoms with E-state index < -0.39 is 10.0 Å². The molecule has 2 rings (SSSR count). The fourth-order valence-corrected chi connectivity index (χ4v) is 2.76. The minimum absolute atomic E-state index is 0.0340. The van der Waals surface area contributed by atoms with Crippen molar-refractivity contribution in [2.24, 2.45) is 7.05 Å². The van der Waals surface area contributed by atoms with Gasteiger partial charge in [-0.15, -0.1) is 0 Å². The van der Waals surface area contributed by atoms with Crippen LogP contribution >= 0.6 is 11.6 Å². The molecule has 0 fully saturated rings. The Balaban J connectivity index is 2.34. The molecule has 0 radical (unpaired) electrons. The smallest absolute Gasteiger partial charge is 0.279 e. The number of hydrogen-bond acceptors (Lipinski definition) is 4. The number of hydrogen-bond donors (Lipinski definition) is 2. The second kappa shape index (κ2) is 4.51. The molecule has 1 aromatic carbocycles. The van der Waals surface area contributed by atoms with E-state index in [4.69, 9.17) is 11.6 Å². The molecule has 0 saturated carbocycles. The van der Waals surface area contributed by atoms with Gasteiger partial charge in [0.15, 0.2) is 5.03 Å². The quantitative estimate of drug-likeness (QED) is 0.840. The lowest BCUT2D eigenvalue weighted by molar-refractivity contribution is 0.475. The van der Waals surface area contributed by atoms with Crippen LogP contribution in [0.5, 0.6) is 5.75 Å². The Morgan fingerprint density at radius 1 is 1.39 bits per heavy atom. The number of benzene rings is 1. The predicted octanol–water partition coefficient (Wildman–Crippen LogP) is 1.58. The molecular formula is C10H10ClN3O3S. The lowest BCUT2D eigenvalue weighted by Gasteiger charge is -2.08. The van der Waals surface area contributed by atoms with E-state index >= 15 is 0 Å². The molecular weight excluding hydrogens is 278 g/mol. The summed E-state index contributed by atoms with van der Waals surface area (Å²) in [6.07, 6.45) is 1.39. The first-order valence-electron chi connectivity index (χ1n) is 4.89. The Morgan fingerprint density at radius 2 is 2.11 bits per heavy atom. The second-order valence-corrected chi connectivity index (χ2v) is 5.60. The van der Waals surface area contributed by atoms with Crippen molar-refractivity contribution in [1.82, 2.24) is 9.78 Å². The number of anilines is 1. The van der Waals surface area contributed by atoms with E-state index in [0.29, 0.717) is 0 Å². The number of aromatic hydroxyl groups is 1. The fraction of sp³-hybridized carbons (Fsp3) is 0.100. The topological polar surface area (TPSA) is 84.2 Å². The lowest BCUT2D eigenvalue weighted by atomic mass is 10.3. The van der Waals surface area contributed by atoms with Gasteiger partial charge in [0.1, 0.15) is 5.75 Å². The molecule has 0 amide bonds. The number of phenols is 1. The van der Waals surface area contributed by atoms with Gasteiger partial charge in [0, 0.05) is 7.05 Å². The average molecular weight is 288 g/mol. The zero-order chi connectivity index (χ0) is 13.3. The summed E-state index contributed by atoms with van der Waals surface area (Å²) in [6.45, 7) is 0. The highest BCUT2D eigenvalue weighted by molar-refractivity contribution is 7.92. The maximum Gasteiger partial charge on any atom is 0.279 e. The predicted molar refractivity (Wildman–Crippen MR) is 67.1 cm³/mol. The maximum atomic E-state index is 12.0. The number of halogens is 1. The van der Waals surface area contributed by atoms with E-state index in [0.717, 1.165) is 0 Å². The Kier molecular flexibility index (Phi) is 3.18. The van der Waals surface area contributed by atoms with E-state index in [1.54, 1.807) is 0 Å². The minimum atomic E-state index is -3.72. The summed E-state index contributed by atoms with van der Waals surface area (Å²) in [5.41, 5.74) is 0.263. The summed E-state index contributed by atoms with van der Waals surface area (Å²) in [6, 6.07) is 5.42. The summed E-state index contributed by atoms with van der Waals surface area (Å²) >= 11 is 5.70. The van der Waals surface area contributed by atoms with E-state index in [9.17, 15) is 13.5 Å². The third kappa shape index (κ3) is 2.41. The van der Waals surface area contributed by atoms with Gasteiger partial charge in [-0.05, 0) is 24.3 Å². The molecule has 8 heteroatoms. The van der Waals surface area contributed by atoms with E-state index in [1.165, 1.54) is 42.2 Å². The standard InChI is InChI=1S/C10H10ClN3O3S/c1-14-10(4-5-12-14)18(16,17)13-7-2-3-9(15)8(11)6-7/h2-6,13,15H,1H3. The van der Waals surface area contributed by atoms with Crippen LogP contribution in [0.15, 0.2) is 35.5 Å². The zero-order valence-corrected chi connectivity index (χ0v) is 10.9. The zero-order valence-electron chi connectivity index (χ0n) is 9.33. The lowest BCUT2D eigenvalue weighted by Crippen LogP contribution is -2.16. The van der Waals surface area contributed by atoms with Crippen molar-refractivity contribution < 1.29 is 13.5 Å². The largest absolute Gasteiger partial charge is 0.506 e. The number of phenolic OH excluding ortho intramolecular Hbond substituents is 1. The van der Waals surface area contributed by atoms with Crippen LogP contribution < -0.4 is 4.72 Å². The molecule has 0 aliphatic rings. The Hall–Kier alpha value is -1.73. The SMILES string of the molecule is Cn1nccc1S(=O)(=O)Nc1ccc(O)c(Cl)c1. The number of aromatic nitrogens is 2. The molecule has 1 heterocycles. The van der Waals surface area contributed by atoms with Crippen molar-refractivity contribution >= 4 is 27.3 Å². The van der Waals surface area contributed by atoms with Crippen LogP contribution in [0.4, 0.5) is 5.69 Å². The van der Waals surface area contributed by atoms with Gasteiger partial charge in [-0.25, -0.2) is 0 Å². The van der Waals surface area contributed by atoms with Gasteiger partial charge in [-0.1, -0.05) is 11.6 Å². The molecule has 1 aromatic heterocycles. The summed E-state index contributed by atoms with van der Waals surface area (Å²) in [5, 5.41) is 13.1. The van der Waals surface area contributed by atoms with E-state index in [-0.39, 0.29) is 21.5 Å². The molecule has 0 saturated heterocycles. The van der Waals surface area contributed by atoms with Crippen LogP contribution in [0.1, 0.15) is 0 Å². The summed E-state index contributed by atoms with van der Waals surface area (Å²) in [7, 11) is -2.19. The normalized spacial score (nSPS) is 11.4. The van der Waals surface area contributed by atoms with Gasteiger partial charge in [0.05, 0.1) is 16.9 Å². The summed E-state index contributed by atoms with van der Waals surface area (Å²) in [5.74, 6) is -0.111. The molecule has 0 aliphatic heterocycles. The minimum Gasteiger partial charge on any atom is -0.506 e. The van der Waals surface area contributed by atoms with Crippen LogP contribution in [-0.4, -0.2) is 23.3 Å². The highest BCUT2D eigenvalue weighted by Gasteiger charge is 2.18. The molecule has 2 N–H and O–H groups in total. The molecule has 0 atom stereocenters. The van der Waals surface area contributed by atoms with Crippen LogP contribution in [0.2, 0.25) is 5.02 Å². The molecule has 96 valence electrons. The molecule has 2 aromatic rings. The third-order valence-corrected chi connectivity index (χ3v) is 4.01. The van der Waals surface area contributed by atoms with Crippen LogP contribution in [-0.2, 0) is 17.1 Å². The molecule has 6 nitrogen and oxygen atoms in total. The van der Waals surface area contributed by atoms with Crippen molar-refractivity contribution in [3.8, 4) is 5.75 Å². The van der Waals surface area contributed by atoms with E-state index in [2.05, 4.69) is 9.82 Å². The monoisotopic (exact) mass is 287 g/mol. The van der Waals surface area contributed by atoms with Crippen LogP contribution in [0, 0.1) is 0 Å². The van der Waals surface area contributed by atoms with Crippen molar-refractivity contribution in [3.05, 3.63) is 35.5 Å². The van der Waals surface area contributed by atoms with Crippen molar-refractivity contribution in [2.75, 3.05) is 4.72 Å². The Morgan fingerprint density at radius 3 is 2.67 bits per heavy atom. The number of nitrogens with zero attached hydrogens (tertiary/aromatic N) is 2. The van der Waals surface area contributed by atoms with Gasteiger partial charge in [0.25, 0.3) is 10.0 Å². The maximum absolute atomic E-state index is 12.0. The number of aryl methyl sites for hydroxylation is 1. The van der Waals surface area contributed by atoms with Crippen LogP contribution in [0.3, 0.4) is 0 Å². The Labute approximate surface area is 109 Å². The molecule has 0 unspecified atom stereocenters. The van der Waals surface area contributed by atoms with Gasteiger partial charge >= 0.3 is 0 Å². The van der Waals surface area contributed by atoms with Crippen LogP contribution in [0.25, 0.3) is 0 Å². The highest BCUT2D eigenvalue weighted by Crippen LogP contribution is 2.27. The van der Waals surface area contributed by atoms with Gasteiger partial charge in [-0.2, -0.15) is 13.5 Å². The van der Waals surface area contributed by atoms with Gasteiger partial charge < -0.3 is 5.11 Å². The molecule has 18 heavy (non-hydrogen) atoms. The summed E-state index contributed by atoms with van der Waals surface area (Å²) < 4.78 is 27.6.